The number of aromatic nitrogens is 1. The largest absolute Gasteiger partial charge is 0.373 e. The first-order valence-corrected chi connectivity index (χ1v) is 6.24. The Hall–Kier alpha value is -1.94. The number of benzene rings is 1. The molecule has 1 heterocycles. The van der Waals surface area contributed by atoms with E-state index in [2.05, 4.69) is 15.2 Å². The molecule has 0 fully saturated rings. The van der Waals surface area contributed by atoms with Gasteiger partial charge in [0, 0.05) is 20.1 Å². The van der Waals surface area contributed by atoms with Gasteiger partial charge in [-0.15, -0.1) is 0 Å². The second-order valence-corrected chi connectivity index (χ2v) is 4.57. The first-order chi connectivity index (χ1) is 9.17. The van der Waals surface area contributed by atoms with Crippen LogP contribution in [-0.2, 0) is 13.1 Å². The number of halogens is 1. The molecule has 0 spiro atoms. The summed E-state index contributed by atoms with van der Waals surface area (Å²) in [6.45, 7) is 1.43. The summed E-state index contributed by atoms with van der Waals surface area (Å²) in [4.78, 5) is 6.57. The van der Waals surface area contributed by atoms with Crippen molar-refractivity contribution in [2.45, 2.75) is 13.1 Å². The predicted molar refractivity (Wildman–Crippen MR) is 75.4 cm³/mol. The maximum absolute atomic E-state index is 13.1. The number of nitrogens with one attached hydrogen (secondary N) is 1. The second kappa shape index (κ2) is 6.29. The highest BCUT2D eigenvalue weighted by Crippen LogP contribution is 2.10. The van der Waals surface area contributed by atoms with Crippen molar-refractivity contribution in [2.24, 2.45) is 0 Å². The van der Waals surface area contributed by atoms with Crippen molar-refractivity contribution < 1.29 is 4.39 Å². The van der Waals surface area contributed by atoms with E-state index in [4.69, 9.17) is 0 Å². The summed E-state index contributed by atoms with van der Waals surface area (Å²) >= 11 is 0. The van der Waals surface area contributed by atoms with E-state index in [1.807, 2.05) is 38.4 Å². The number of nitrogens with zero attached hydrogens (tertiary/aromatic N) is 2. The average Bonchev–Trinajstić information content (AvgIpc) is 2.38. The van der Waals surface area contributed by atoms with E-state index >= 15 is 0 Å². The molecule has 100 valence electrons. The van der Waals surface area contributed by atoms with Crippen molar-refractivity contribution in [3.63, 3.8) is 0 Å². The van der Waals surface area contributed by atoms with Crippen LogP contribution in [0.3, 0.4) is 0 Å². The highest BCUT2D eigenvalue weighted by molar-refractivity contribution is 5.34. The Balaban J connectivity index is 1.98. The molecule has 0 aliphatic rings. The van der Waals surface area contributed by atoms with Gasteiger partial charge in [0.1, 0.15) is 11.6 Å². The fraction of sp³-hybridized carbons (Fsp3) is 0.267. The molecule has 1 aromatic heterocycles. The fourth-order valence-corrected chi connectivity index (χ4v) is 1.99. The molecule has 0 bridgehead atoms. The Morgan fingerprint density at radius 2 is 1.95 bits per heavy atom. The van der Waals surface area contributed by atoms with Gasteiger partial charge >= 0.3 is 0 Å². The summed E-state index contributed by atoms with van der Waals surface area (Å²) in [7, 11) is 3.85. The molecule has 4 heteroatoms. The van der Waals surface area contributed by atoms with E-state index in [0.29, 0.717) is 6.54 Å². The van der Waals surface area contributed by atoms with Crippen LogP contribution in [0, 0.1) is 5.82 Å². The summed E-state index contributed by atoms with van der Waals surface area (Å²) in [5, 5.41) is 3.02. The monoisotopic (exact) mass is 259 g/mol. The zero-order valence-electron chi connectivity index (χ0n) is 11.2. The molecule has 2 rings (SSSR count). The summed E-state index contributed by atoms with van der Waals surface area (Å²) in [5.74, 6) is 0.665. The molecule has 0 aliphatic carbocycles. The lowest BCUT2D eigenvalue weighted by Gasteiger charge is -2.16. The Morgan fingerprint density at radius 3 is 2.68 bits per heavy atom. The van der Waals surface area contributed by atoms with Gasteiger partial charge in [-0.2, -0.15) is 0 Å². The maximum atomic E-state index is 13.1. The first-order valence-electron chi connectivity index (χ1n) is 6.24. The highest BCUT2D eigenvalue weighted by atomic mass is 19.1. The van der Waals surface area contributed by atoms with E-state index < -0.39 is 0 Å². The molecule has 19 heavy (non-hydrogen) atoms. The standard InChI is InChI=1S/C15H18FN3/c1-17-15-8-4-7-14(18-15)11-19(2)10-12-5-3-6-13(16)9-12/h3-9H,10-11H2,1-2H3,(H,17,18). The number of pyridine rings is 1. The van der Waals surface area contributed by atoms with Crippen molar-refractivity contribution in [3.8, 4) is 0 Å². The lowest BCUT2D eigenvalue weighted by molar-refractivity contribution is 0.315. The Morgan fingerprint density at radius 1 is 1.16 bits per heavy atom. The highest BCUT2D eigenvalue weighted by Gasteiger charge is 2.04. The summed E-state index contributed by atoms with van der Waals surface area (Å²) in [6.07, 6.45) is 0. The molecule has 2 aromatic rings. The van der Waals surface area contributed by atoms with Gasteiger partial charge in [0.15, 0.2) is 0 Å². The zero-order valence-corrected chi connectivity index (χ0v) is 11.2. The Kier molecular flexibility index (Phi) is 4.47. The lowest BCUT2D eigenvalue weighted by atomic mass is 10.2. The van der Waals surface area contributed by atoms with Gasteiger partial charge in [-0.1, -0.05) is 18.2 Å². The van der Waals surface area contributed by atoms with Crippen molar-refractivity contribution in [1.29, 1.82) is 0 Å². The SMILES string of the molecule is CNc1cccc(CN(C)Cc2cccc(F)c2)n1. The topological polar surface area (TPSA) is 28.2 Å². The van der Waals surface area contributed by atoms with Crippen molar-refractivity contribution in [3.05, 3.63) is 59.5 Å². The van der Waals surface area contributed by atoms with Gasteiger partial charge in [-0.3, -0.25) is 4.90 Å². The maximum Gasteiger partial charge on any atom is 0.126 e. The van der Waals surface area contributed by atoms with E-state index in [1.54, 1.807) is 12.1 Å². The molecular formula is C15H18FN3. The van der Waals surface area contributed by atoms with Gasteiger partial charge in [-0.05, 0) is 36.9 Å². The molecule has 0 amide bonds. The number of anilines is 1. The van der Waals surface area contributed by atoms with Crippen molar-refractivity contribution >= 4 is 5.82 Å². The van der Waals surface area contributed by atoms with E-state index in [0.717, 1.165) is 23.6 Å². The molecule has 0 saturated carbocycles. The van der Waals surface area contributed by atoms with Crippen LogP contribution in [0.25, 0.3) is 0 Å². The van der Waals surface area contributed by atoms with Gasteiger partial charge in [-0.25, -0.2) is 9.37 Å². The summed E-state index contributed by atoms with van der Waals surface area (Å²) < 4.78 is 13.1. The van der Waals surface area contributed by atoms with Crippen LogP contribution in [0.4, 0.5) is 10.2 Å². The van der Waals surface area contributed by atoms with Gasteiger partial charge in [0.05, 0.1) is 5.69 Å². The van der Waals surface area contributed by atoms with Crippen LogP contribution < -0.4 is 5.32 Å². The van der Waals surface area contributed by atoms with Gasteiger partial charge in [0.2, 0.25) is 0 Å². The molecule has 0 aliphatic heterocycles. The predicted octanol–water partition coefficient (Wildman–Crippen LogP) is 2.89. The number of hydrogen-bond acceptors (Lipinski definition) is 3. The van der Waals surface area contributed by atoms with E-state index in [-0.39, 0.29) is 5.82 Å². The molecule has 1 aromatic carbocycles. The quantitative estimate of drug-likeness (QED) is 0.895. The molecule has 0 radical (unpaired) electrons. The van der Waals surface area contributed by atoms with Crippen LogP contribution in [0.2, 0.25) is 0 Å². The van der Waals surface area contributed by atoms with Crippen LogP contribution in [-0.4, -0.2) is 24.0 Å². The fourth-order valence-electron chi connectivity index (χ4n) is 1.99. The minimum Gasteiger partial charge on any atom is -0.373 e. The van der Waals surface area contributed by atoms with Gasteiger partial charge in [0.25, 0.3) is 0 Å². The summed E-state index contributed by atoms with van der Waals surface area (Å²) in [5.41, 5.74) is 1.96. The third kappa shape index (κ3) is 4.03. The van der Waals surface area contributed by atoms with Crippen LogP contribution in [0.5, 0.6) is 0 Å². The third-order valence-corrected chi connectivity index (χ3v) is 2.84. The molecule has 1 N–H and O–H groups in total. The van der Waals surface area contributed by atoms with Crippen LogP contribution >= 0.6 is 0 Å². The number of rotatable bonds is 5. The molecule has 0 unspecified atom stereocenters. The molecule has 3 nitrogen and oxygen atoms in total. The van der Waals surface area contributed by atoms with Crippen molar-refractivity contribution in [1.82, 2.24) is 9.88 Å². The summed E-state index contributed by atoms with van der Waals surface area (Å²) in [6, 6.07) is 12.6. The zero-order chi connectivity index (χ0) is 13.7. The second-order valence-electron chi connectivity index (χ2n) is 4.57. The van der Waals surface area contributed by atoms with Crippen LogP contribution in [0.1, 0.15) is 11.3 Å². The van der Waals surface area contributed by atoms with E-state index in [9.17, 15) is 4.39 Å². The average molecular weight is 259 g/mol. The first kappa shape index (κ1) is 13.5. The minimum atomic E-state index is -0.193. The van der Waals surface area contributed by atoms with Gasteiger partial charge < -0.3 is 5.32 Å². The van der Waals surface area contributed by atoms with E-state index in [1.165, 1.54) is 6.07 Å². The Labute approximate surface area is 113 Å². The molecule has 0 saturated heterocycles. The van der Waals surface area contributed by atoms with Crippen molar-refractivity contribution in [2.75, 3.05) is 19.4 Å². The number of hydrogen-bond donors (Lipinski definition) is 1. The normalized spacial score (nSPS) is 10.7. The Bertz CT molecular complexity index is 542. The minimum absolute atomic E-state index is 0.193. The lowest BCUT2D eigenvalue weighted by Crippen LogP contribution is -2.18. The smallest absolute Gasteiger partial charge is 0.126 e. The third-order valence-electron chi connectivity index (χ3n) is 2.84. The van der Waals surface area contributed by atoms with Crippen LogP contribution in [0.15, 0.2) is 42.5 Å². The molecule has 0 atom stereocenters. The molecular weight excluding hydrogens is 241 g/mol.